The Balaban J connectivity index is 1.42. The molecule has 0 radical (unpaired) electrons. The Morgan fingerprint density at radius 3 is 2.13 bits per heavy atom. The second-order valence-electron chi connectivity index (χ2n) is 10.5. The molecule has 11 heteroatoms. The van der Waals surface area contributed by atoms with E-state index in [-0.39, 0.29) is 13.2 Å². The van der Waals surface area contributed by atoms with Gasteiger partial charge >= 0.3 is 5.69 Å². The van der Waals surface area contributed by atoms with Gasteiger partial charge in [-0.3, -0.25) is 9.59 Å². The Kier molecular flexibility index (Phi) is 9.61. The highest BCUT2D eigenvalue weighted by Gasteiger charge is 2.17. The molecule has 5 aromatic rings. The molecule has 11 nitrogen and oxygen atoms in total. The third-order valence-corrected chi connectivity index (χ3v) is 7.65. The summed E-state index contributed by atoms with van der Waals surface area (Å²) in [6, 6.07) is 19.9. The molecule has 0 fully saturated rings. The molecule has 0 atom stereocenters. The average Bonchev–Trinajstić information content (AvgIpc) is 3.07. The number of hydrogen-bond acceptors (Lipinski definition) is 8. The van der Waals surface area contributed by atoms with Gasteiger partial charge in [0, 0.05) is 30.6 Å². The van der Waals surface area contributed by atoms with E-state index in [2.05, 4.69) is 15.6 Å². The number of H-pyrrole nitrogens is 1. The lowest BCUT2D eigenvalue weighted by atomic mass is 10.1. The summed E-state index contributed by atoms with van der Waals surface area (Å²) < 4.78 is 24.5. The fourth-order valence-corrected chi connectivity index (χ4v) is 5.29. The molecule has 4 aromatic carbocycles. The molecular formula is C35H36N4O7. The monoisotopic (exact) mass is 624 g/mol. The number of carbonyl (C=O) groups excluding carboxylic acids is 1. The topological polar surface area (TPSA) is 133 Å². The van der Waals surface area contributed by atoms with Gasteiger partial charge in [-0.1, -0.05) is 25.1 Å². The van der Waals surface area contributed by atoms with Gasteiger partial charge < -0.3 is 34.6 Å². The Bertz CT molecular complexity index is 2020. The largest absolute Gasteiger partial charge is 0.493 e. The molecule has 46 heavy (non-hydrogen) atoms. The predicted octanol–water partition coefficient (Wildman–Crippen LogP) is 5.34. The first-order valence-electron chi connectivity index (χ1n) is 14.7. The first kappa shape index (κ1) is 31.7. The third-order valence-electron chi connectivity index (χ3n) is 7.65. The second-order valence-corrected chi connectivity index (χ2v) is 10.5. The first-order chi connectivity index (χ1) is 22.3. The Morgan fingerprint density at radius 1 is 0.848 bits per heavy atom. The number of aromatic nitrogens is 2. The maximum absolute atomic E-state index is 13.6. The predicted molar refractivity (Wildman–Crippen MR) is 178 cm³/mol. The minimum absolute atomic E-state index is 0.164. The van der Waals surface area contributed by atoms with E-state index >= 15 is 0 Å². The van der Waals surface area contributed by atoms with Crippen molar-refractivity contribution in [2.45, 2.75) is 33.5 Å². The normalized spacial score (nSPS) is 10.8. The van der Waals surface area contributed by atoms with Crippen LogP contribution >= 0.6 is 0 Å². The fourth-order valence-electron chi connectivity index (χ4n) is 5.29. The van der Waals surface area contributed by atoms with E-state index in [1.165, 1.54) is 7.11 Å². The lowest BCUT2D eigenvalue weighted by molar-refractivity contribution is -0.105. The highest BCUT2D eigenvalue weighted by Crippen LogP contribution is 2.34. The third kappa shape index (κ3) is 6.53. The van der Waals surface area contributed by atoms with Crippen molar-refractivity contribution in [2.75, 3.05) is 31.9 Å². The fraction of sp³-hybridized carbons (Fsp3) is 0.229. The van der Waals surface area contributed by atoms with Crippen molar-refractivity contribution in [1.82, 2.24) is 9.55 Å². The molecule has 0 aliphatic heterocycles. The van der Waals surface area contributed by atoms with Gasteiger partial charge in [0.2, 0.25) is 6.41 Å². The molecule has 1 heterocycles. The molecule has 0 saturated heterocycles. The smallest absolute Gasteiger partial charge is 0.333 e. The van der Waals surface area contributed by atoms with E-state index in [1.807, 2.05) is 51.2 Å². The average molecular weight is 625 g/mol. The molecule has 1 aromatic heterocycles. The zero-order valence-electron chi connectivity index (χ0n) is 26.4. The van der Waals surface area contributed by atoms with Crippen LogP contribution in [0, 0.1) is 6.92 Å². The van der Waals surface area contributed by atoms with Gasteiger partial charge in [0.15, 0.2) is 23.0 Å². The van der Waals surface area contributed by atoms with Gasteiger partial charge in [-0.25, -0.2) is 9.36 Å². The number of ether oxygens (including phenoxy) is 4. The molecule has 0 unspecified atom stereocenters. The summed E-state index contributed by atoms with van der Waals surface area (Å²) in [4.78, 5) is 40.6. The van der Waals surface area contributed by atoms with Crippen LogP contribution in [-0.2, 0) is 24.4 Å². The van der Waals surface area contributed by atoms with Crippen LogP contribution in [-0.4, -0.2) is 37.2 Å². The van der Waals surface area contributed by atoms with Crippen LogP contribution in [0.15, 0.2) is 76.3 Å². The standard InChI is InChI=1S/C35H36N4O7/c1-6-24-9-7-8-10-29(24)39-34(41)26-15-31(44-5)33(17-28(26)38-35(39)42)46-19-23-12-22(13-25(14-23)36-3)18-45-32-16-27(37-20-40)21(2)11-30(32)43-4/h7-17,20,36H,6,18-19H2,1-5H3,(H,37,40)(H,38,42). The van der Waals surface area contributed by atoms with E-state index in [9.17, 15) is 14.4 Å². The van der Waals surface area contributed by atoms with Crippen LogP contribution in [0.4, 0.5) is 11.4 Å². The minimum Gasteiger partial charge on any atom is -0.493 e. The van der Waals surface area contributed by atoms with Crippen molar-refractivity contribution in [3.8, 4) is 28.7 Å². The molecule has 238 valence electrons. The molecule has 0 aliphatic rings. The van der Waals surface area contributed by atoms with Crippen LogP contribution in [0.3, 0.4) is 0 Å². The van der Waals surface area contributed by atoms with Crippen LogP contribution < -0.4 is 40.8 Å². The van der Waals surface area contributed by atoms with E-state index in [0.29, 0.717) is 58.1 Å². The number of nitrogens with zero attached hydrogens (tertiary/aromatic N) is 1. The number of methoxy groups -OCH3 is 2. The van der Waals surface area contributed by atoms with Crippen molar-refractivity contribution >= 4 is 28.7 Å². The summed E-state index contributed by atoms with van der Waals surface area (Å²) in [5.41, 5.74) is 4.79. The summed E-state index contributed by atoms with van der Waals surface area (Å²) in [5.74, 6) is 1.75. The molecular weight excluding hydrogens is 588 g/mol. The van der Waals surface area contributed by atoms with E-state index in [4.69, 9.17) is 18.9 Å². The molecule has 3 N–H and O–H groups in total. The summed E-state index contributed by atoms with van der Waals surface area (Å²) in [6.07, 6.45) is 1.28. The molecule has 0 spiro atoms. The number of nitrogens with one attached hydrogen (secondary N) is 3. The number of amides is 1. The van der Waals surface area contributed by atoms with Crippen LogP contribution in [0.5, 0.6) is 23.0 Å². The van der Waals surface area contributed by atoms with E-state index < -0.39 is 11.2 Å². The van der Waals surface area contributed by atoms with Gasteiger partial charge in [-0.2, -0.15) is 0 Å². The Hall–Kier alpha value is -5.71. The number of benzene rings is 4. The van der Waals surface area contributed by atoms with Gasteiger partial charge in [0.1, 0.15) is 13.2 Å². The number of hydrogen-bond donors (Lipinski definition) is 3. The highest BCUT2D eigenvalue weighted by atomic mass is 16.5. The van der Waals surface area contributed by atoms with Crippen molar-refractivity contribution in [1.29, 1.82) is 0 Å². The Labute approximate surface area is 265 Å². The van der Waals surface area contributed by atoms with Crippen molar-refractivity contribution in [2.24, 2.45) is 0 Å². The van der Waals surface area contributed by atoms with Crippen LogP contribution in [0.25, 0.3) is 16.6 Å². The number of anilines is 2. The highest BCUT2D eigenvalue weighted by molar-refractivity contribution is 5.82. The van der Waals surface area contributed by atoms with Gasteiger partial charge in [0.25, 0.3) is 5.56 Å². The molecule has 0 bridgehead atoms. The lowest BCUT2D eigenvalue weighted by Crippen LogP contribution is -2.34. The maximum Gasteiger partial charge on any atom is 0.333 e. The lowest BCUT2D eigenvalue weighted by Gasteiger charge is -2.16. The molecule has 0 aliphatic carbocycles. The summed E-state index contributed by atoms with van der Waals surface area (Å²) in [5, 5.41) is 6.13. The van der Waals surface area contributed by atoms with E-state index in [0.717, 1.165) is 32.5 Å². The summed E-state index contributed by atoms with van der Waals surface area (Å²) >= 11 is 0. The number of para-hydroxylation sites is 1. The number of aromatic amines is 1. The number of fused-ring (bicyclic) bond motifs is 1. The number of carbonyl (C=O) groups is 1. The van der Waals surface area contributed by atoms with Gasteiger partial charge in [-0.05, 0) is 72.0 Å². The summed E-state index contributed by atoms with van der Waals surface area (Å²) in [7, 11) is 4.87. The molecule has 5 rings (SSSR count). The van der Waals surface area contributed by atoms with E-state index in [1.54, 1.807) is 43.5 Å². The first-order valence-corrected chi connectivity index (χ1v) is 14.7. The Morgan fingerprint density at radius 2 is 1.50 bits per heavy atom. The molecule has 1 amide bonds. The SMILES string of the molecule is CCc1ccccc1-n1c(=O)[nH]c2cc(OCc3cc(COc4cc(NC=O)c(C)cc4OC)cc(NC)c3)c(OC)cc2c1=O. The zero-order chi connectivity index (χ0) is 32.8. The van der Waals surface area contributed by atoms with Crippen molar-refractivity contribution in [3.63, 3.8) is 0 Å². The van der Waals surface area contributed by atoms with Gasteiger partial charge in [0.05, 0.1) is 30.8 Å². The quantitative estimate of drug-likeness (QED) is 0.150. The van der Waals surface area contributed by atoms with Crippen molar-refractivity contribution < 1.29 is 23.7 Å². The zero-order valence-corrected chi connectivity index (χ0v) is 26.4. The summed E-state index contributed by atoms with van der Waals surface area (Å²) in [6.45, 7) is 4.22. The van der Waals surface area contributed by atoms with Crippen LogP contribution in [0.1, 0.15) is 29.2 Å². The minimum atomic E-state index is -0.542. The van der Waals surface area contributed by atoms with Crippen LogP contribution in [0.2, 0.25) is 0 Å². The second kappa shape index (κ2) is 13.9. The maximum atomic E-state index is 13.6. The number of aryl methyl sites for hydroxylation is 2. The van der Waals surface area contributed by atoms with Crippen molar-refractivity contribution in [3.05, 3.63) is 110 Å². The number of rotatable bonds is 13. The van der Waals surface area contributed by atoms with Gasteiger partial charge in [-0.15, -0.1) is 0 Å². The molecule has 0 saturated carbocycles.